The third-order valence-corrected chi connectivity index (χ3v) is 3.92. The summed E-state index contributed by atoms with van der Waals surface area (Å²) in [5.74, 6) is 0. The Labute approximate surface area is 123 Å². The number of halogens is 2. The van der Waals surface area contributed by atoms with Gasteiger partial charge in [0.15, 0.2) is 0 Å². The molecule has 0 saturated heterocycles. The van der Waals surface area contributed by atoms with Crippen LogP contribution in [0.2, 0.25) is 10.0 Å². The molecule has 19 heavy (non-hydrogen) atoms. The highest BCUT2D eigenvalue weighted by Crippen LogP contribution is 2.30. The molecule has 5 heteroatoms. The first-order valence-electron chi connectivity index (χ1n) is 6.23. The largest absolute Gasteiger partial charge is 0.308 e. The zero-order chi connectivity index (χ0) is 14.0. The van der Waals surface area contributed by atoms with Gasteiger partial charge in [0.05, 0.1) is 23.0 Å². The Kier molecular flexibility index (Phi) is 4.50. The standard InChI is InChI=1S/C14H17Cl2N3/c1-4-19-14(12(16)8-18-19)13(17-3)10-6-5-9(2)11(15)7-10/h5-8,13,17H,4H2,1-3H3. The van der Waals surface area contributed by atoms with Gasteiger partial charge in [-0.2, -0.15) is 5.10 Å². The first kappa shape index (κ1) is 14.4. The molecular formula is C14H17Cl2N3. The second-order valence-electron chi connectivity index (χ2n) is 4.42. The Morgan fingerprint density at radius 2 is 2.05 bits per heavy atom. The first-order valence-corrected chi connectivity index (χ1v) is 6.98. The van der Waals surface area contributed by atoms with Crippen molar-refractivity contribution in [1.29, 1.82) is 0 Å². The molecular weight excluding hydrogens is 281 g/mol. The summed E-state index contributed by atoms with van der Waals surface area (Å²) in [5.41, 5.74) is 3.11. The minimum absolute atomic E-state index is 0.0203. The van der Waals surface area contributed by atoms with Crippen LogP contribution in [-0.2, 0) is 6.54 Å². The van der Waals surface area contributed by atoms with Crippen molar-refractivity contribution in [3.8, 4) is 0 Å². The van der Waals surface area contributed by atoms with Crippen LogP contribution in [0.4, 0.5) is 0 Å². The van der Waals surface area contributed by atoms with Gasteiger partial charge in [0.1, 0.15) is 0 Å². The molecule has 1 atom stereocenters. The quantitative estimate of drug-likeness (QED) is 0.929. The maximum absolute atomic E-state index is 6.26. The topological polar surface area (TPSA) is 29.9 Å². The molecule has 1 heterocycles. The third-order valence-electron chi connectivity index (χ3n) is 3.22. The third kappa shape index (κ3) is 2.78. The van der Waals surface area contributed by atoms with Crippen molar-refractivity contribution >= 4 is 23.2 Å². The molecule has 1 unspecified atom stereocenters. The van der Waals surface area contributed by atoms with E-state index < -0.39 is 0 Å². The molecule has 1 N–H and O–H groups in total. The zero-order valence-corrected chi connectivity index (χ0v) is 12.8. The summed E-state index contributed by atoms with van der Waals surface area (Å²) in [4.78, 5) is 0. The molecule has 3 nitrogen and oxygen atoms in total. The van der Waals surface area contributed by atoms with Crippen LogP contribution in [0.25, 0.3) is 0 Å². The molecule has 0 saturated carbocycles. The first-order chi connectivity index (χ1) is 9.08. The zero-order valence-electron chi connectivity index (χ0n) is 11.2. The van der Waals surface area contributed by atoms with Crippen molar-refractivity contribution in [2.75, 3.05) is 7.05 Å². The number of hydrogen-bond donors (Lipinski definition) is 1. The van der Waals surface area contributed by atoms with E-state index in [9.17, 15) is 0 Å². The van der Waals surface area contributed by atoms with Crippen molar-refractivity contribution in [3.63, 3.8) is 0 Å². The number of rotatable bonds is 4. The molecule has 0 aliphatic carbocycles. The molecule has 0 bridgehead atoms. The van der Waals surface area contributed by atoms with Gasteiger partial charge >= 0.3 is 0 Å². The van der Waals surface area contributed by atoms with E-state index in [1.165, 1.54) is 0 Å². The second-order valence-corrected chi connectivity index (χ2v) is 5.24. The Morgan fingerprint density at radius 1 is 1.32 bits per heavy atom. The second kappa shape index (κ2) is 5.95. The maximum Gasteiger partial charge on any atom is 0.0837 e. The average Bonchev–Trinajstić information content (AvgIpc) is 2.76. The van der Waals surface area contributed by atoms with Crippen molar-refractivity contribution in [2.24, 2.45) is 0 Å². The highest BCUT2D eigenvalue weighted by molar-refractivity contribution is 6.31. The summed E-state index contributed by atoms with van der Waals surface area (Å²) in [6, 6.07) is 6.03. The number of aryl methyl sites for hydroxylation is 2. The van der Waals surface area contributed by atoms with E-state index in [1.54, 1.807) is 6.20 Å². The lowest BCUT2D eigenvalue weighted by Crippen LogP contribution is -2.21. The van der Waals surface area contributed by atoms with Crippen LogP contribution in [-0.4, -0.2) is 16.8 Å². The minimum atomic E-state index is -0.0203. The molecule has 0 radical (unpaired) electrons. The molecule has 0 fully saturated rings. The van der Waals surface area contributed by atoms with Crippen LogP contribution >= 0.6 is 23.2 Å². The molecule has 0 aliphatic heterocycles. The molecule has 1 aromatic carbocycles. The van der Waals surface area contributed by atoms with E-state index in [1.807, 2.05) is 37.7 Å². The lowest BCUT2D eigenvalue weighted by atomic mass is 10.0. The highest BCUT2D eigenvalue weighted by Gasteiger charge is 2.20. The van der Waals surface area contributed by atoms with Gasteiger partial charge in [0, 0.05) is 11.6 Å². The Hall–Kier alpha value is -1.03. The lowest BCUT2D eigenvalue weighted by Gasteiger charge is -2.19. The van der Waals surface area contributed by atoms with E-state index in [0.717, 1.165) is 28.4 Å². The molecule has 1 aromatic heterocycles. The van der Waals surface area contributed by atoms with Crippen LogP contribution in [0.3, 0.4) is 0 Å². The maximum atomic E-state index is 6.26. The van der Waals surface area contributed by atoms with Crippen molar-refractivity contribution < 1.29 is 0 Å². The van der Waals surface area contributed by atoms with Gasteiger partial charge in [-0.1, -0.05) is 35.3 Å². The van der Waals surface area contributed by atoms with Gasteiger partial charge < -0.3 is 5.32 Å². The van der Waals surface area contributed by atoms with Gasteiger partial charge in [-0.25, -0.2) is 0 Å². The van der Waals surface area contributed by atoms with Gasteiger partial charge in [-0.15, -0.1) is 0 Å². The summed E-state index contributed by atoms with van der Waals surface area (Å²) in [6.45, 7) is 4.81. The van der Waals surface area contributed by atoms with E-state index >= 15 is 0 Å². The van der Waals surface area contributed by atoms with Gasteiger partial charge in [-0.05, 0) is 38.1 Å². The minimum Gasteiger partial charge on any atom is -0.308 e. The van der Waals surface area contributed by atoms with E-state index in [2.05, 4.69) is 16.5 Å². The van der Waals surface area contributed by atoms with Crippen LogP contribution in [0.15, 0.2) is 24.4 Å². The fourth-order valence-electron chi connectivity index (χ4n) is 2.16. The summed E-state index contributed by atoms with van der Waals surface area (Å²) < 4.78 is 1.90. The van der Waals surface area contributed by atoms with E-state index in [-0.39, 0.29) is 6.04 Å². The summed E-state index contributed by atoms with van der Waals surface area (Å²) in [6.07, 6.45) is 1.68. The van der Waals surface area contributed by atoms with Crippen LogP contribution < -0.4 is 5.32 Å². The van der Waals surface area contributed by atoms with Crippen LogP contribution in [0, 0.1) is 6.92 Å². The summed E-state index contributed by atoms with van der Waals surface area (Å²) in [5, 5.41) is 8.98. The Morgan fingerprint density at radius 3 is 2.63 bits per heavy atom. The Balaban J connectivity index is 2.49. The normalized spacial score (nSPS) is 12.7. The highest BCUT2D eigenvalue weighted by atomic mass is 35.5. The number of benzene rings is 1. The number of aromatic nitrogens is 2. The van der Waals surface area contributed by atoms with Gasteiger partial charge in [0.25, 0.3) is 0 Å². The van der Waals surface area contributed by atoms with Crippen molar-refractivity contribution in [3.05, 3.63) is 51.3 Å². The van der Waals surface area contributed by atoms with Gasteiger partial charge in [-0.3, -0.25) is 4.68 Å². The predicted molar refractivity (Wildman–Crippen MR) is 80.0 cm³/mol. The molecule has 2 rings (SSSR count). The molecule has 0 spiro atoms. The molecule has 2 aromatic rings. The van der Waals surface area contributed by atoms with Crippen molar-refractivity contribution in [2.45, 2.75) is 26.4 Å². The van der Waals surface area contributed by atoms with Gasteiger partial charge in [0.2, 0.25) is 0 Å². The monoisotopic (exact) mass is 297 g/mol. The summed E-state index contributed by atoms with van der Waals surface area (Å²) in [7, 11) is 1.90. The number of nitrogens with zero attached hydrogens (tertiary/aromatic N) is 2. The summed E-state index contributed by atoms with van der Waals surface area (Å²) >= 11 is 12.5. The smallest absolute Gasteiger partial charge is 0.0837 e. The average molecular weight is 298 g/mol. The molecule has 0 amide bonds. The van der Waals surface area contributed by atoms with E-state index in [4.69, 9.17) is 23.2 Å². The Bertz CT molecular complexity index is 578. The predicted octanol–water partition coefficient (Wildman–Crippen LogP) is 3.83. The van der Waals surface area contributed by atoms with Crippen LogP contribution in [0.1, 0.15) is 29.8 Å². The van der Waals surface area contributed by atoms with E-state index in [0.29, 0.717) is 5.02 Å². The van der Waals surface area contributed by atoms with Crippen molar-refractivity contribution in [1.82, 2.24) is 15.1 Å². The fourth-order valence-corrected chi connectivity index (χ4v) is 2.60. The SMILES string of the molecule is CCn1ncc(Cl)c1C(NC)c1ccc(C)c(Cl)c1. The van der Waals surface area contributed by atoms with Crippen LogP contribution in [0.5, 0.6) is 0 Å². The fraction of sp³-hybridized carbons (Fsp3) is 0.357. The lowest BCUT2D eigenvalue weighted by molar-refractivity contribution is 0.563. The number of hydrogen-bond acceptors (Lipinski definition) is 2. The molecule has 102 valence electrons. The number of nitrogens with one attached hydrogen (secondary N) is 1. The molecule has 0 aliphatic rings.